The number of benzene rings is 3. The van der Waals surface area contributed by atoms with Crippen LogP contribution in [0.1, 0.15) is 39.2 Å². The first kappa shape index (κ1) is 33.7. The largest absolute Gasteiger partial charge is 0.497 e. The van der Waals surface area contributed by atoms with Crippen molar-refractivity contribution in [3.05, 3.63) is 102 Å². The van der Waals surface area contributed by atoms with Gasteiger partial charge in [0.1, 0.15) is 12.0 Å². The molecule has 0 saturated carbocycles. The fourth-order valence-electron chi connectivity index (χ4n) is 5.36. The summed E-state index contributed by atoms with van der Waals surface area (Å²) in [7, 11) is -2.88. The molecule has 226 valence electrons. The van der Waals surface area contributed by atoms with Gasteiger partial charge in [0, 0.05) is 6.42 Å². The van der Waals surface area contributed by atoms with Gasteiger partial charge in [-0.15, -0.1) is 0 Å². The number of carbonyl (C=O) groups is 1. The van der Waals surface area contributed by atoms with Crippen LogP contribution in [0.5, 0.6) is 5.75 Å². The van der Waals surface area contributed by atoms with Gasteiger partial charge >= 0.3 is 0 Å². The first-order valence-electron chi connectivity index (χ1n) is 14.7. The molecule has 0 fully saturated rings. The van der Waals surface area contributed by atoms with Crippen LogP contribution in [0, 0.1) is 0 Å². The molecule has 0 aromatic heterocycles. The first-order chi connectivity index (χ1) is 20.0. The molecule has 0 spiro atoms. The second kappa shape index (κ2) is 15.6. The third-order valence-electron chi connectivity index (χ3n) is 7.18. The molecular formula is C35H48O5Si2. The highest BCUT2D eigenvalue weighted by Gasteiger charge is 2.49. The van der Waals surface area contributed by atoms with Gasteiger partial charge in [-0.3, -0.25) is 0 Å². The normalized spacial score (nSPS) is 13.5. The van der Waals surface area contributed by atoms with Crippen LogP contribution >= 0.6 is 0 Å². The van der Waals surface area contributed by atoms with Crippen molar-refractivity contribution < 1.29 is 23.1 Å². The zero-order chi connectivity index (χ0) is 30.6. The molecule has 0 unspecified atom stereocenters. The minimum Gasteiger partial charge on any atom is -0.497 e. The number of hydrogen-bond donors (Lipinski definition) is 0. The summed E-state index contributed by atoms with van der Waals surface area (Å²) in [6, 6.07) is 29.1. The Hall–Kier alpha value is -2.82. The standard InChI is InChI=1S/C35H48O5Si2/c1-35(2,3)42(33-14-10-8-11-15-33,34-16-12-9-13-17-34)39-25-23-29(22-24-36)26-32(40-41(5,6)7)28-38-27-30-18-20-31(37-4)21-19-30/h8-21,23-24,32H,22,25-28H2,1-7H3/b29-23-/t32-/m1/s1. The van der Waals surface area contributed by atoms with Crippen molar-refractivity contribution >= 4 is 33.3 Å². The minimum absolute atomic E-state index is 0.118. The maximum Gasteiger partial charge on any atom is 0.261 e. The molecule has 0 radical (unpaired) electrons. The number of ether oxygens (including phenoxy) is 2. The van der Waals surface area contributed by atoms with E-state index >= 15 is 0 Å². The monoisotopic (exact) mass is 604 g/mol. The SMILES string of the molecule is COc1ccc(COC[C@@H](C/C(=C\CO[Si](c2ccccc2)(c2ccccc2)C(C)(C)C)CC=O)O[Si](C)(C)C)cc1. The van der Waals surface area contributed by atoms with Crippen LogP contribution in [0.15, 0.2) is 96.6 Å². The molecule has 3 aromatic rings. The molecule has 0 saturated heterocycles. The lowest BCUT2D eigenvalue weighted by molar-refractivity contribution is -0.107. The summed E-state index contributed by atoms with van der Waals surface area (Å²) in [4.78, 5) is 11.7. The summed E-state index contributed by atoms with van der Waals surface area (Å²) in [5.41, 5.74) is 2.09. The number of rotatable bonds is 16. The van der Waals surface area contributed by atoms with E-state index in [0.717, 1.165) is 23.2 Å². The van der Waals surface area contributed by atoms with Crippen LogP contribution in [-0.4, -0.2) is 49.3 Å². The Bertz CT molecular complexity index is 1210. The van der Waals surface area contributed by atoms with Gasteiger partial charge in [-0.05, 0) is 59.2 Å². The third kappa shape index (κ3) is 9.61. The predicted molar refractivity (Wildman–Crippen MR) is 178 cm³/mol. The molecular weight excluding hydrogens is 557 g/mol. The lowest BCUT2D eigenvalue weighted by Crippen LogP contribution is -2.66. The van der Waals surface area contributed by atoms with Gasteiger partial charge in [0.15, 0.2) is 8.32 Å². The Balaban J connectivity index is 1.81. The molecule has 0 N–H and O–H groups in total. The highest BCUT2D eigenvalue weighted by Crippen LogP contribution is 2.36. The van der Waals surface area contributed by atoms with Crippen LogP contribution in [0.25, 0.3) is 0 Å². The number of aldehydes is 1. The highest BCUT2D eigenvalue weighted by atomic mass is 28.4. The number of methoxy groups -OCH3 is 1. The van der Waals surface area contributed by atoms with E-state index in [-0.39, 0.29) is 11.1 Å². The van der Waals surface area contributed by atoms with E-state index in [0.29, 0.717) is 32.7 Å². The topological polar surface area (TPSA) is 54.0 Å². The van der Waals surface area contributed by atoms with Crippen molar-refractivity contribution in [1.82, 2.24) is 0 Å². The molecule has 0 aliphatic rings. The maximum atomic E-state index is 11.7. The zero-order valence-corrected chi connectivity index (χ0v) is 28.4. The summed E-state index contributed by atoms with van der Waals surface area (Å²) < 4.78 is 25.0. The Morgan fingerprint density at radius 3 is 1.90 bits per heavy atom. The summed E-state index contributed by atoms with van der Waals surface area (Å²) in [6.45, 7) is 14.7. The lowest BCUT2D eigenvalue weighted by Gasteiger charge is -2.42. The van der Waals surface area contributed by atoms with Crippen molar-refractivity contribution in [2.24, 2.45) is 0 Å². The molecule has 0 amide bonds. The predicted octanol–water partition coefficient (Wildman–Crippen LogP) is 6.91. The molecule has 3 rings (SSSR count). The second-order valence-corrected chi connectivity index (χ2v) is 21.4. The van der Waals surface area contributed by atoms with Crippen molar-refractivity contribution in [1.29, 1.82) is 0 Å². The van der Waals surface area contributed by atoms with Crippen LogP contribution in [0.4, 0.5) is 0 Å². The van der Waals surface area contributed by atoms with E-state index < -0.39 is 16.6 Å². The van der Waals surface area contributed by atoms with Crippen molar-refractivity contribution in [2.75, 3.05) is 20.3 Å². The fourth-order valence-corrected chi connectivity index (χ4v) is 11.0. The van der Waals surface area contributed by atoms with Gasteiger partial charge in [0.25, 0.3) is 8.32 Å². The van der Waals surface area contributed by atoms with E-state index in [4.69, 9.17) is 18.3 Å². The maximum absolute atomic E-state index is 11.7. The van der Waals surface area contributed by atoms with E-state index in [2.05, 4.69) is 95.0 Å². The van der Waals surface area contributed by atoms with Crippen molar-refractivity contribution in [3.63, 3.8) is 0 Å². The smallest absolute Gasteiger partial charge is 0.261 e. The van der Waals surface area contributed by atoms with Crippen LogP contribution in [0.2, 0.25) is 24.7 Å². The van der Waals surface area contributed by atoms with Gasteiger partial charge in [-0.1, -0.05) is 105 Å². The Morgan fingerprint density at radius 1 is 0.857 bits per heavy atom. The second-order valence-electron chi connectivity index (χ2n) is 12.6. The van der Waals surface area contributed by atoms with E-state index in [1.807, 2.05) is 36.4 Å². The quantitative estimate of drug-likeness (QED) is 0.101. The van der Waals surface area contributed by atoms with Gasteiger partial charge in [0.2, 0.25) is 0 Å². The van der Waals surface area contributed by atoms with Crippen LogP contribution < -0.4 is 15.1 Å². The highest BCUT2D eigenvalue weighted by molar-refractivity contribution is 6.99. The van der Waals surface area contributed by atoms with Crippen LogP contribution in [0.3, 0.4) is 0 Å². The van der Waals surface area contributed by atoms with E-state index in [1.54, 1.807) is 7.11 Å². The molecule has 1 atom stereocenters. The van der Waals surface area contributed by atoms with Crippen LogP contribution in [-0.2, 0) is 25.0 Å². The molecule has 0 heterocycles. The fraction of sp³-hybridized carbons (Fsp3) is 0.400. The summed E-state index contributed by atoms with van der Waals surface area (Å²) >= 11 is 0. The Kier molecular flexibility index (Phi) is 12.5. The first-order valence-corrected chi connectivity index (χ1v) is 20.0. The van der Waals surface area contributed by atoms with Gasteiger partial charge in [-0.25, -0.2) is 0 Å². The Labute approximate surface area is 255 Å². The summed E-state index contributed by atoms with van der Waals surface area (Å²) in [5, 5.41) is 2.36. The summed E-state index contributed by atoms with van der Waals surface area (Å²) in [6.07, 6.45) is 3.88. The van der Waals surface area contributed by atoms with Crippen molar-refractivity contribution in [2.45, 2.75) is 71.0 Å². The van der Waals surface area contributed by atoms with Crippen molar-refractivity contribution in [3.8, 4) is 5.75 Å². The zero-order valence-electron chi connectivity index (χ0n) is 26.4. The Morgan fingerprint density at radius 2 is 1.43 bits per heavy atom. The number of carbonyl (C=O) groups excluding carboxylic acids is 1. The molecule has 7 heteroatoms. The number of hydrogen-bond acceptors (Lipinski definition) is 5. The molecule has 42 heavy (non-hydrogen) atoms. The van der Waals surface area contributed by atoms with E-state index in [1.165, 1.54) is 10.4 Å². The average molecular weight is 605 g/mol. The molecule has 3 aromatic carbocycles. The third-order valence-corrected chi connectivity index (χ3v) is 13.2. The molecule has 0 bridgehead atoms. The van der Waals surface area contributed by atoms with E-state index in [9.17, 15) is 4.79 Å². The van der Waals surface area contributed by atoms with Gasteiger partial charge < -0.3 is 23.1 Å². The van der Waals surface area contributed by atoms with Gasteiger partial charge in [0.05, 0.1) is 33.0 Å². The minimum atomic E-state index is -2.67. The van der Waals surface area contributed by atoms with Gasteiger partial charge in [-0.2, -0.15) is 0 Å². The lowest BCUT2D eigenvalue weighted by atomic mass is 10.1. The average Bonchev–Trinajstić information content (AvgIpc) is 2.95. The molecule has 0 aliphatic heterocycles. The molecule has 5 nitrogen and oxygen atoms in total. The molecule has 0 aliphatic carbocycles. The summed E-state index contributed by atoms with van der Waals surface area (Å²) in [5.74, 6) is 0.822.